The van der Waals surface area contributed by atoms with Gasteiger partial charge in [0.15, 0.2) is 5.54 Å². The summed E-state index contributed by atoms with van der Waals surface area (Å²) in [7, 11) is 0. The first-order valence-electron chi connectivity index (χ1n) is 9.21. The van der Waals surface area contributed by atoms with E-state index in [9.17, 15) is 13.2 Å². The van der Waals surface area contributed by atoms with Crippen LogP contribution in [-0.4, -0.2) is 17.6 Å². The lowest BCUT2D eigenvalue weighted by atomic mass is 9.81. The summed E-state index contributed by atoms with van der Waals surface area (Å²) in [6.45, 7) is 1.95. The number of aryl methyl sites for hydroxylation is 1. The summed E-state index contributed by atoms with van der Waals surface area (Å²) in [5, 5.41) is 0. The van der Waals surface area contributed by atoms with Crippen LogP contribution in [-0.2, 0) is 16.5 Å². The zero-order valence-corrected chi connectivity index (χ0v) is 15.8. The Balaban J connectivity index is 1.72. The molecule has 0 fully saturated rings. The van der Waals surface area contributed by atoms with Crippen molar-refractivity contribution in [3.8, 4) is 22.8 Å². The van der Waals surface area contributed by atoms with Gasteiger partial charge in [0.25, 0.3) is 6.02 Å². The van der Waals surface area contributed by atoms with Gasteiger partial charge in [0, 0.05) is 17.3 Å². The Bertz CT molecular complexity index is 1190. The predicted octanol–water partition coefficient (Wildman–Crippen LogP) is 4.77. The van der Waals surface area contributed by atoms with Gasteiger partial charge in [-0.05, 0) is 36.8 Å². The Morgan fingerprint density at radius 2 is 1.77 bits per heavy atom. The van der Waals surface area contributed by atoms with Gasteiger partial charge in [0.05, 0.1) is 11.1 Å². The summed E-state index contributed by atoms with van der Waals surface area (Å²) in [5.41, 5.74) is 7.29. The quantitative estimate of drug-likeness (QED) is 0.626. The van der Waals surface area contributed by atoms with Crippen LogP contribution < -0.4 is 10.5 Å². The molecule has 0 unspecified atom stereocenters. The highest BCUT2D eigenvalue weighted by molar-refractivity contribution is 5.77. The normalized spacial score (nSPS) is 19.5. The lowest BCUT2D eigenvalue weighted by molar-refractivity contribution is -0.137. The molecule has 3 heterocycles. The fourth-order valence-corrected chi connectivity index (χ4v) is 3.81. The Morgan fingerprint density at radius 3 is 2.43 bits per heavy atom. The molecule has 1 spiro atoms. The van der Waals surface area contributed by atoms with Gasteiger partial charge in [-0.25, -0.2) is 9.98 Å². The van der Waals surface area contributed by atoms with E-state index < -0.39 is 17.3 Å². The highest BCUT2D eigenvalue weighted by Gasteiger charge is 2.48. The van der Waals surface area contributed by atoms with Crippen molar-refractivity contribution in [3.05, 3.63) is 77.0 Å². The lowest BCUT2D eigenvalue weighted by Crippen LogP contribution is -2.32. The molecule has 3 aromatic rings. The van der Waals surface area contributed by atoms with Crippen molar-refractivity contribution in [2.24, 2.45) is 10.7 Å². The molecule has 152 valence electrons. The monoisotopic (exact) mass is 411 g/mol. The summed E-state index contributed by atoms with van der Waals surface area (Å²) in [5.74, 6) is 0.508. The molecule has 8 heteroatoms. The predicted molar refractivity (Wildman–Crippen MR) is 104 cm³/mol. The average molecular weight is 411 g/mol. The molecule has 0 bridgehead atoms. The minimum Gasteiger partial charge on any atom is -0.462 e. The first-order chi connectivity index (χ1) is 14.3. The number of alkyl halides is 3. The molecule has 1 aromatic heterocycles. The molecule has 2 aliphatic rings. The largest absolute Gasteiger partial charge is 0.462 e. The molecule has 0 saturated carbocycles. The molecule has 2 aromatic carbocycles. The number of nitrogens with two attached hydrogens (primary N) is 1. The summed E-state index contributed by atoms with van der Waals surface area (Å²) in [6.07, 6.45) is -2.84. The van der Waals surface area contributed by atoms with Crippen LogP contribution in [0, 0.1) is 6.92 Å². The maximum Gasteiger partial charge on any atom is 0.416 e. The number of benzene rings is 2. The number of halogens is 3. The van der Waals surface area contributed by atoms with E-state index in [-0.39, 0.29) is 29.8 Å². The number of fused-ring (bicyclic) bond motifs is 4. The summed E-state index contributed by atoms with van der Waals surface area (Å²) in [4.78, 5) is 8.84. The van der Waals surface area contributed by atoms with E-state index >= 15 is 0 Å². The molecule has 1 atom stereocenters. The Morgan fingerprint density at radius 1 is 1.00 bits per heavy atom. The van der Waals surface area contributed by atoms with Crippen LogP contribution >= 0.6 is 0 Å². The van der Waals surface area contributed by atoms with Crippen LogP contribution in [0.4, 0.5) is 13.2 Å². The second-order valence-electron chi connectivity index (χ2n) is 7.35. The van der Waals surface area contributed by atoms with E-state index in [4.69, 9.17) is 15.2 Å². The van der Waals surface area contributed by atoms with Crippen LogP contribution in [0.15, 0.2) is 59.7 Å². The van der Waals surface area contributed by atoms with Gasteiger partial charge >= 0.3 is 6.18 Å². The number of nitrogens with zero attached hydrogens (tertiary/aromatic N) is 2. The van der Waals surface area contributed by atoms with Crippen molar-refractivity contribution in [2.45, 2.75) is 18.6 Å². The summed E-state index contributed by atoms with van der Waals surface area (Å²) < 4.78 is 51.4. The zero-order chi connectivity index (χ0) is 21.1. The van der Waals surface area contributed by atoms with Gasteiger partial charge < -0.3 is 15.2 Å². The smallest absolute Gasteiger partial charge is 0.416 e. The van der Waals surface area contributed by atoms with E-state index in [0.717, 1.165) is 28.8 Å². The minimum absolute atomic E-state index is 0.0392. The highest BCUT2D eigenvalue weighted by Crippen LogP contribution is 2.51. The summed E-state index contributed by atoms with van der Waals surface area (Å²) in [6, 6.07) is 12.9. The van der Waals surface area contributed by atoms with Gasteiger partial charge in [0.1, 0.15) is 12.4 Å². The van der Waals surface area contributed by atoms with Gasteiger partial charge in [0.2, 0.25) is 5.88 Å². The molecule has 0 radical (unpaired) electrons. The molecular formula is C22H16F3N3O2. The number of ether oxygens (including phenoxy) is 2. The molecule has 5 nitrogen and oxygen atoms in total. The van der Waals surface area contributed by atoms with Gasteiger partial charge in [-0.15, -0.1) is 0 Å². The number of aliphatic imine (C=N–C) groups is 1. The van der Waals surface area contributed by atoms with E-state index in [1.165, 1.54) is 6.07 Å². The maximum absolute atomic E-state index is 13.4. The lowest BCUT2D eigenvalue weighted by Gasteiger charge is -2.33. The van der Waals surface area contributed by atoms with Crippen LogP contribution in [0.2, 0.25) is 0 Å². The summed E-state index contributed by atoms with van der Waals surface area (Å²) >= 11 is 0. The first kappa shape index (κ1) is 18.5. The number of hydrogen-bond donors (Lipinski definition) is 1. The second-order valence-corrected chi connectivity index (χ2v) is 7.35. The average Bonchev–Trinajstić information content (AvgIpc) is 3.10. The van der Waals surface area contributed by atoms with Crippen molar-refractivity contribution in [1.29, 1.82) is 0 Å². The maximum atomic E-state index is 13.4. The van der Waals surface area contributed by atoms with E-state index in [1.54, 1.807) is 6.20 Å². The molecule has 2 aliphatic heterocycles. The molecule has 5 rings (SSSR count). The fourth-order valence-electron chi connectivity index (χ4n) is 3.81. The molecule has 30 heavy (non-hydrogen) atoms. The number of rotatable bonds is 1. The SMILES string of the molecule is Cc1ccc(-c2cnc3c(c2)[C@]2(COC(N)=N2)c2cc(C(F)(F)F)ccc2O3)cc1. The first-order valence-corrected chi connectivity index (χ1v) is 9.21. The number of aromatic nitrogens is 1. The topological polar surface area (TPSA) is 69.7 Å². The van der Waals surface area contributed by atoms with Crippen molar-refractivity contribution in [1.82, 2.24) is 4.98 Å². The van der Waals surface area contributed by atoms with Crippen LogP contribution in [0.1, 0.15) is 22.3 Å². The third-order valence-corrected chi connectivity index (χ3v) is 5.37. The standard InChI is InChI=1S/C22H16F3N3O2/c1-12-2-4-13(5-3-12)14-8-17-19(27-10-14)30-18-7-6-15(22(23,24)25)9-16(18)21(17)11-29-20(26)28-21/h2-10H,11H2,1H3,(H2,26,28)/t21-/m0/s1. The van der Waals surface area contributed by atoms with Gasteiger partial charge in [-0.2, -0.15) is 13.2 Å². The van der Waals surface area contributed by atoms with Crippen molar-refractivity contribution in [3.63, 3.8) is 0 Å². The van der Waals surface area contributed by atoms with E-state index in [2.05, 4.69) is 9.98 Å². The van der Waals surface area contributed by atoms with Crippen LogP contribution in [0.25, 0.3) is 11.1 Å². The minimum atomic E-state index is -4.51. The van der Waals surface area contributed by atoms with Crippen molar-refractivity contribution < 1.29 is 22.6 Å². The number of amidine groups is 1. The molecule has 0 aliphatic carbocycles. The zero-order valence-electron chi connectivity index (χ0n) is 15.8. The fraction of sp³-hybridized carbons (Fsp3) is 0.182. The van der Waals surface area contributed by atoms with Crippen molar-refractivity contribution >= 4 is 6.02 Å². The van der Waals surface area contributed by atoms with Gasteiger partial charge in [-0.1, -0.05) is 29.8 Å². The van der Waals surface area contributed by atoms with Gasteiger partial charge in [-0.3, -0.25) is 0 Å². The third-order valence-electron chi connectivity index (χ3n) is 5.37. The third kappa shape index (κ3) is 2.79. The van der Waals surface area contributed by atoms with Crippen LogP contribution in [0.3, 0.4) is 0 Å². The Labute approximate surface area is 170 Å². The molecule has 0 saturated heterocycles. The highest BCUT2D eigenvalue weighted by atomic mass is 19.4. The van der Waals surface area contributed by atoms with E-state index in [0.29, 0.717) is 5.56 Å². The molecular weight excluding hydrogens is 395 g/mol. The number of pyridine rings is 1. The Hall–Kier alpha value is -3.55. The second kappa shape index (κ2) is 6.22. The number of hydrogen-bond acceptors (Lipinski definition) is 5. The van der Waals surface area contributed by atoms with Crippen LogP contribution in [0.5, 0.6) is 11.6 Å². The Kier molecular flexibility index (Phi) is 3.83. The molecule has 0 amide bonds. The van der Waals surface area contributed by atoms with E-state index in [1.807, 2.05) is 37.3 Å². The molecule has 2 N–H and O–H groups in total. The van der Waals surface area contributed by atoms with Crippen molar-refractivity contribution in [2.75, 3.05) is 6.61 Å².